The number of pyridine rings is 1. The van der Waals surface area contributed by atoms with E-state index in [4.69, 9.17) is 9.72 Å². The summed E-state index contributed by atoms with van der Waals surface area (Å²) in [5, 5.41) is 10.6. The van der Waals surface area contributed by atoms with Gasteiger partial charge in [-0.1, -0.05) is 56.5 Å². The number of hydrogen-bond acceptors (Lipinski definition) is 3. The van der Waals surface area contributed by atoms with Gasteiger partial charge >= 0.3 is 0 Å². The minimum absolute atomic E-state index is 0.197. The van der Waals surface area contributed by atoms with Crippen LogP contribution >= 0.6 is 0 Å². The van der Waals surface area contributed by atoms with Crippen molar-refractivity contribution in [3.8, 4) is 11.5 Å². The van der Waals surface area contributed by atoms with Gasteiger partial charge in [0.1, 0.15) is 18.1 Å². The van der Waals surface area contributed by atoms with Gasteiger partial charge in [0.15, 0.2) is 0 Å². The van der Waals surface area contributed by atoms with E-state index < -0.39 is 0 Å². The van der Waals surface area contributed by atoms with E-state index in [1.54, 1.807) is 0 Å². The lowest BCUT2D eigenvalue weighted by Gasteiger charge is -2.25. The molecule has 2 aliphatic rings. The number of aryl methyl sites for hydroxylation is 1. The number of ether oxygens (including phenoxy) is 1. The van der Waals surface area contributed by atoms with Crippen molar-refractivity contribution >= 4 is 0 Å². The van der Waals surface area contributed by atoms with Crippen LogP contribution < -0.4 is 4.74 Å². The van der Waals surface area contributed by atoms with Crippen molar-refractivity contribution in [3.63, 3.8) is 0 Å². The van der Waals surface area contributed by atoms with Gasteiger partial charge in [0.05, 0.1) is 5.69 Å². The first-order chi connectivity index (χ1) is 16.1. The van der Waals surface area contributed by atoms with Gasteiger partial charge in [-0.25, -0.2) is 0 Å². The van der Waals surface area contributed by atoms with Crippen LogP contribution in [0.25, 0.3) is 0 Å². The van der Waals surface area contributed by atoms with E-state index in [1.165, 1.54) is 53.5 Å². The summed E-state index contributed by atoms with van der Waals surface area (Å²) in [4.78, 5) is 5.06. The first-order valence-corrected chi connectivity index (χ1v) is 12.6. The number of fused-ring (bicyclic) bond motifs is 1. The van der Waals surface area contributed by atoms with Gasteiger partial charge in [-0.2, -0.15) is 0 Å². The predicted octanol–water partition coefficient (Wildman–Crippen LogP) is 7.36. The van der Waals surface area contributed by atoms with Crippen LogP contribution in [0.1, 0.15) is 96.5 Å². The SMILES string of the molecule is Cc1cc(OCc2ccccc2)c2c(c1C(C)c1ccc(O)c(C3CCCCC3)n1)CCC2. The largest absolute Gasteiger partial charge is 0.506 e. The third kappa shape index (κ3) is 4.51. The molecule has 1 atom stereocenters. The van der Waals surface area contributed by atoms with Crippen LogP contribution in [0.4, 0.5) is 0 Å². The van der Waals surface area contributed by atoms with Gasteiger partial charge in [-0.05, 0) is 85.0 Å². The Kier molecular flexibility index (Phi) is 6.39. The van der Waals surface area contributed by atoms with E-state index in [0.717, 1.165) is 42.8 Å². The van der Waals surface area contributed by atoms with Crippen LogP contribution in [0.5, 0.6) is 11.5 Å². The van der Waals surface area contributed by atoms with Crippen LogP contribution in [-0.4, -0.2) is 10.1 Å². The molecule has 0 aliphatic heterocycles. The van der Waals surface area contributed by atoms with E-state index in [0.29, 0.717) is 18.3 Å². The molecule has 5 rings (SSSR count). The molecule has 3 aromatic rings. The van der Waals surface area contributed by atoms with E-state index in [1.807, 2.05) is 18.2 Å². The summed E-state index contributed by atoms with van der Waals surface area (Å²) in [7, 11) is 0. The van der Waals surface area contributed by atoms with Gasteiger partial charge in [-0.15, -0.1) is 0 Å². The maximum absolute atomic E-state index is 10.6. The van der Waals surface area contributed by atoms with Crippen molar-refractivity contribution in [1.82, 2.24) is 4.98 Å². The van der Waals surface area contributed by atoms with Crippen molar-refractivity contribution in [1.29, 1.82) is 0 Å². The van der Waals surface area contributed by atoms with Crippen molar-refractivity contribution in [2.75, 3.05) is 0 Å². The fourth-order valence-electron chi connectivity index (χ4n) is 5.93. The second-order valence-electron chi connectivity index (χ2n) is 9.89. The highest BCUT2D eigenvalue weighted by atomic mass is 16.5. The molecule has 0 radical (unpaired) electrons. The summed E-state index contributed by atoms with van der Waals surface area (Å²) < 4.78 is 6.32. The van der Waals surface area contributed by atoms with Gasteiger partial charge in [0.2, 0.25) is 0 Å². The Labute approximate surface area is 197 Å². The molecule has 2 aromatic carbocycles. The lowest BCUT2D eigenvalue weighted by atomic mass is 9.84. The molecular weight excluding hydrogens is 406 g/mol. The molecule has 3 nitrogen and oxygen atoms in total. The highest BCUT2D eigenvalue weighted by Gasteiger charge is 2.27. The molecule has 1 aromatic heterocycles. The quantitative estimate of drug-likeness (QED) is 0.434. The van der Waals surface area contributed by atoms with Gasteiger partial charge in [0.25, 0.3) is 0 Å². The molecule has 1 unspecified atom stereocenters. The Morgan fingerprint density at radius 2 is 1.73 bits per heavy atom. The van der Waals surface area contributed by atoms with E-state index >= 15 is 0 Å². The Balaban J connectivity index is 1.45. The normalized spacial score (nSPS) is 17.0. The van der Waals surface area contributed by atoms with Crippen LogP contribution in [0.15, 0.2) is 48.5 Å². The summed E-state index contributed by atoms with van der Waals surface area (Å²) >= 11 is 0. The Morgan fingerprint density at radius 3 is 2.52 bits per heavy atom. The predicted molar refractivity (Wildman–Crippen MR) is 133 cm³/mol. The molecule has 3 heteroatoms. The molecule has 33 heavy (non-hydrogen) atoms. The average molecular weight is 442 g/mol. The zero-order valence-corrected chi connectivity index (χ0v) is 19.9. The second-order valence-corrected chi connectivity index (χ2v) is 9.89. The molecule has 1 N–H and O–H groups in total. The van der Waals surface area contributed by atoms with Crippen molar-refractivity contribution in [3.05, 3.63) is 87.7 Å². The minimum atomic E-state index is 0.197. The van der Waals surface area contributed by atoms with Gasteiger partial charge in [0, 0.05) is 17.5 Å². The summed E-state index contributed by atoms with van der Waals surface area (Å²) in [6.45, 7) is 5.09. The molecular formula is C30H35NO2. The Morgan fingerprint density at radius 1 is 0.970 bits per heavy atom. The number of aromatic hydroxyl groups is 1. The number of benzene rings is 2. The standard InChI is InChI=1S/C30H35NO2/c1-20-18-28(33-19-22-10-5-3-6-11-22)24-14-9-15-25(24)29(20)21(2)26-16-17-27(32)30(31-26)23-12-7-4-8-13-23/h3,5-6,10-11,16-18,21,23,32H,4,7-9,12-15,19H2,1-2H3. The van der Waals surface area contributed by atoms with Crippen LogP contribution in [0.2, 0.25) is 0 Å². The minimum Gasteiger partial charge on any atom is -0.506 e. The average Bonchev–Trinajstić information content (AvgIpc) is 3.33. The van der Waals surface area contributed by atoms with E-state index in [2.05, 4.69) is 44.2 Å². The summed E-state index contributed by atoms with van der Waals surface area (Å²) in [6.07, 6.45) is 9.42. The van der Waals surface area contributed by atoms with Crippen molar-refractivity contribution in [2.24, 2.45) is 0 Å². The van der Waals surface area contributed by atoms with Gasteiger partial charge < -0.3 is 9.84 Å². The smallest absolute Gasteiger partial charge is 0.137 e. The second kappa shape index (κ2) is 9.59. The number of hydrogen-bond donors (Lipinski definition) is 1. The van der Waals surface area contributed by atoms with E-state index in [9.17, 15) is 5.11 Å². The maximum atomic E-state index is 10.6. The molecule has 172 valence electrons. The molecule has 1 fully saturated rings. The summed E-state index contributed by atoms with van der Waals surface area (Å²) in [5.41, 5.74) is 8.70. The van der Waals surface area contributed by atoms with Gasteiger partial charge in [-0.3, -0.25) is 4.98 Å². The summed E-state index contributed by atoms with van der Waals surface area (Å²) in [6, 6.07) is 16.5. The van der Waals surface area contributed by atoms with E-state index in [-0.39, 0.29) is 5.92 Å². The molecule has 1 heterocycles. The Bertz CT molecular complexity index is 1120. The topological polar surface area (TPSA) is 42.4 Å². The molecule has 0 amide bonds. The van der Waals surface area contributed by atoms with Crippen LogP contribution in [-0.2, 0) is 19.4 Å². The zero-order valence-electron chi connectivity index (χ0n) is 19.9. The fraction of sp³-hybridized carbons (Fsp3) is 0.433. The third-order valence-corrected chi connectivity index (χ3v) is 7.64. The first-order valence-electron chi connectivity index (χ1n) is 12.6. The summed E-state index contributed by atoms with van der Waals surface area (Å²) in [5.74, 6) is 2.00. The Hall–Kier alpha value is -2.81. The molecule has 0 bridgehead atoms. The van der Waals surface area contributed by atoms with Crippen LogP contribution in [0.3, 0.4) is 0 Å². The number of rotatable bonds is 6. The molecule has 0 saturated heterocycles. The third-order valence-electron chi connectivity index (χ3n) is 7.64. The lowest BCUT2D eigenvalue weighted by Crippen LogP contribution is -2.11. The zero-order chi connectivity index (χ0) is 22.8. The highest BCUT2D eigenvalue weighted by Crippen LogP contribution is 2.42. The molecule has 1 saturated carbocycles. The van der Waals surface area contributed by atoms with Crippen molar-refractivity contribution < 1.29 is 9.84 Å². The van der Waals surface area contributed by atoms with Crippen molar-refractivity contribution in [2.45, 2.75) is 83.7 Å². The maximum Gasteiger partial charge on any atom is 0.137 e. The monoisotopic (exact) mass is 441 g/mol. The first kappa shape index (κ1) is 22.0. The fourth-order valence-corrected chi connectivity index (χ4v) is 5.93. The molecule has 0 spiro atoms. The number of aromatic nitrogens is 1. The lowest BCUT2D eigenvalue weighted by molar-refractivity contribution is 0.303. The van der Waals surface area contributed by atoms with Crippen LogP contribution in [0, 0.1) is 6.92 Å². The highest BCUT2D eigenvalue weighted by molar-refractivity contribution is 5.54. The number of nitrogens with zero attached hydrogens (tertiary/aromatic N) is 1. The molecule has 2 aliphatic carbocycles.